The Hall–Kier alpha value is -0.0500. The summed E-state index contributed by atoms with van der Waals surface area (Å²) in [6.45, 7) is 5.42. The Balaban J connectivity index is 3.77. The molecule has 0 aliphatic rings. The van der Waals surface area contributed by atoms with E-state index < -0.39 is 0 Å². The molecule has 0 amide bonds. The van der Waals surface area contributed by atoms with E-state index in [1.165, 1.54) is 5.57 Å². The molecule has 3 heteroatoms. The summed E-state index contributed by atoms with van der Waals surface area (Å²) in [4.78, 5) is 0. The molecule has 0 aliphatic carbocycles. The van der Waals surface area contributed by atoms with Gasteiger partial charge in [-0.3, -0.25) is 0 Å². The Bertz CT molecular complexity index is 146. The zero-order valence-electron chi connectivity index (χ0n) is 8.68. The van der Waals surface area contributed by atoms with Crippen LogP contribution in [-0.2, 0) is 9.47 Å². The maximum Gasteiger partial charge on any atom is 0.0747 e. The number of ether oxygens (including phenoxy) is 2. The molecule has 0 aromatic carbocycles. The average Bonchev–Trinajstić information content (AvgIpc) is 2.14. The summed E-state index contributed by atoms with van der Waals surface area (Å²) < 4.78 is 10.4. The van der Waals surface area contributed by atoms with E-state index in [4.69, 9.17) is 21.1 Å². The molecule has 0 rings (SSSR count). The van der Waals surface area contributed by atoms with Gasteiger partial charge in [-0.1, -0.05) is 11.6 Å². The van der Waals surface area contributed by atoms with Crippen LogP contribution in [0.15, 0.2) is 11.6 Å². The van der Waals surface area contributed by atoms with E-state index in [0.717, 1.165) is 13.0 Å². The van der Waals surface area contributed by atoms with Gasteiger partial charge in [0.2, 0.25) is 0 Å². The van der Waals surface area contributed by atoms with Gasteiger partial charge in [-0.2, -0.15) is 0 Å². The summed E-state index contributed by atoms with van der Waals surface area (Å²) in [6, 6.07) is 0. The lowest BCUT2D eigenvalue weighted by Crippen LogP contribution is -2.15. The average molecular weight is 207 g/mol. The molecule has 13 heavy (non-hydrogen) atoms. The zero-order chi connectivity index (χ0) is 10.1. The minimum atomic E-state index is 0.139. The number of alkyl halides is 1. The van der Waals surface area contributed by atoms with E-state index in [1.54, 1.807) is 7.11 Å². The van der Waals surface area contributed by atoms with Crippen molar-refractivity contribution < 1.29 is 9.47 Å². The minimum absolute atomic E-state index is 0.139. The maximum absolute atomic E-state index is 5.74. The molecule has 1 unspecified atom stereocenters. The summed E-state index contributed by atoms with van der Waals surface area (Å²) in [5, 5.41) is 0. The number of methoxy groups -OCH3 is 1. The molecular weight excluding hydrogens is 188 g/mol. The third kappa shape index (κ3) is 7.05. The smallest absolute Gasteiger partial charge is 0.0747 e. The van der Waals surface area contributed by atoms with Gasteiger partial charge in [0.15, 0.2) is 0 Å². The minimum Gasteiger partial charge on any atom is -0.381 e. The van der Waals surface area contributed by atoms with Crippen molar-refractivity contribution in [3.05, 3.63) is 11.6 Å². The highest BCUT2D eigenvalue weighted by Crippen LogP contribution is 2.09. The second-order valence-corrected chi connectivity index (χ2v) is 3.25. The van der Waals surface area contributed by atoms with Gasteiger partial charge in [0.1, 0.15) is 0 Å². The van der Waals surface area contributed by atoms with Crippen LogP contribution in [0.25, 0.3) is 0 Å². The fraction of sp³-hybridized carbons (Fsp3) is 0.800. The van der Waals surface area contributed by atoms with Crippen molar-refractivity contribution in [2.24, 2.45) is 0 Å². The van der Waals surface area contributed by atoms with Crippen LogP contribution >= 0.6 is 11.6 Å². The highest BCUT2D eigenvalue weighted by Gasteiger charge is 2.06. The lowest BCUT2D eigenvalue weighted by molar-refractivity contribution is 0.0790. The van der Waals surface area contributed by atoms with Crippen LogP contribution in [0.3, 0.4) is 0 Å². The van der Waals surface area contributed by atoms with E-state index in [9.17, 15) is 0 Å². The SMILES string of the molecule is CCOC(CCl)CC(C)=CCOC. The standard InChI is InChI=1S/C10H19ClO2/c1-4-13-10(8-11)7-9(2)5-6-12-3/h5,10H,4,6-8H2,1-3H3. The largest absolute Gasteiger partial charge is 0.381 e. The molecule has 0 spiro atoms. The summed E-state index contributed by atoms with van der Waals surface area (Å²) in [5.41, 5.74) is 1.26. The summed E-state index contributed by atoms with van der Waals surface area (Å²) in [6.07, 6.45) is 3.08. The van der Waals surface area contributed by atoms with Gasteiger partial charge in [-0.15, -0.1) is 11.6 Å². The molecule has 0 aromatic heterocycles. The molecule has 1 atom stereocenters. The van der Waals surface area contributed by atoms with Crippen LogP contribution in [0.1, 0.15) is 20.3 Å². The molecule has 0 fully saturated rings. The van der Waals surface area contributed by atoms with Crippen molar-refractivity contribution in [2.45, 2.75) is 26.4 Å². The molecule has 0 radical (unpaired) electrons. The molecule has 2 nitrogen and oxygen atoms in total. The lowest BCUT2D eigenvalue weighted by atomic mass is 10.1. The fourth-order valence-corrected chi connectivity index (χ4v) is 1.26. The lowest BCUT2D eigenvalue weighted by Gasteiger charge is -2.13. The number of hydrogen-bond donors (Lipinski definition) is 0. The van der Waals surface area contributed by atoms with Crippen LogP contribution in [0.2, 0.25) is 0 Å². The fourth-order valence-electron chi connectivity index (χ4n) is 1.06. The van der Waals surface area contributed by atoms with Gasteiger partial charge in [0.25, 0.3) is 0 Å². The molecule has 0 aliphatic heterocycles. The van der Waals surface area contributed by atoms with Crippen molar-refractivity contribution in [2.75, 3.05) is 26.2 Å². The number of halogens is 1. The monoisotopic (exact) mass is 206 g/mol. The molecule has 0 saturated heterocycles. The summed E-state index contributed by atoms with van der Waals surface area (Å²) >= 11 is 5.74. The number of hydrogen-bond acceptors (Lipinski definition) is 2. The first-order valence-electron chi connectivity index (χ1n) is 4.56. The normalized spacial score (nSPS) is 14.6. The summed E-state index contributed by atoms with van der Waals surface area (Å²) in [7, 11) is 1.69. The first-order chi connectivity index (χ1) is 6.24. The van der Waals surface area contributed by atoms with E-state index in [0.29, 0.717) is 12.5 Å². The first kappa shape index (κ1) is 12.9. The van der Waals surface area contributed by atoms with Crippen molar-refractivity contribution in [1.29, 1.82) is 0 Å². The van der Waals surface area contributed by atoms with Crippen molar-refractivity contribution in [1.82, 2.24) is 0 Å². The first-order valence-corrected chi connectivity index (χ1v) is 5.10. The van der Waals surface area contributed by atoms with Crippen LogP contribution in [-0.4, -0.2) is 32.3 Å². The van der Waals surface area contributed by atoms with Gasteiger partial charge in [-0.25, -0.2) is 0 Å². The number of rotatable bonds is 7. The van der Waals surface area contributed by atoms with Crippen LogP contribution in [0.5, 0.6) is 0 Å². The third-order valence-electron chi connectivity index (χ3n) is 1.72. The van der Waals surface area contributed by atoms with Crippen LogP contribution in [0, 0.1) is 0 Å². The predicted octanol–water partition coefficient (Wildman–Crippen LogP) is 2.61. The predicted molar refractivity (Wildman–Crippen MR) is 56.4 cm³/mol. The second kappa shape index (κ2) is 8.54. The Labute approximate surface area is 85.9 Å². The Morgan fingerprint density at radius 2 is 2.23 bits per heavy atom. The van der Waals surface area contributed by atoms with Crippen LogP contribution < -0.4 is 0 Å². The van der Waals surface area contributed by atoms with E-state index in [-0.39, 0.29) is 6.10 Å². The molecular formula is C10H19ClO2. The molecule has 0 heterocycles. The maximum atomic E-state index is 5.74. The Morgan fingerprint density at radius 3 is 2.69 bits per heavy atom. The van der Waals surface area contributed by atoms with E-state index in [1.807, 2.05) is 6.92 Å². The zero-order valence-corrected chi connectivity index (χ0v) is 9.43. The Kier molecular flexibility index (Phi) is 8.51. The topological polar surface area (TPSA) is 18.5 Å². The molecule has 78 valence electrons. The molecule has 0 aromatic rings. The third-order valence-corrected chi connectivity index (χ3v) is 2.07. The Morgan fingerprint density at radius 1 is 1.54 bits per heavy atom. The molecule has 0 saturated carbocycles. The highest BCUT2D eigenvalue weighted by atomic mass is 35.5. The van der Waals surface area contributed by atoms with Crippen molar-refractivity contribution >= 4 is 11.6 Å². The van der Waals surface area contributed by atoms with Gasteiger partial charge < -0.3 is 9.47 Å². The van der Waals surface area contributed by atoms with Gasteiger partial charge >= 0.3 is 0 Å². The summed E-state index contributed by atoms with van der Waals surface area (Å²) in [5.74, 6) is 0.548. The quantitative estimate of drug-likeness (QED) is 0.471. The van der Waals surface area contributed by atoms with E-state index >= 15 is 0 Å². The van der Waals surface area contributed by atoms with Crippen molar-refractivity contribution in [3.8, 4) is 0 Å². The van der Waals surface area contributed by atoms with E-state index in [2.05, 4.69) is 13.0 Å². The molecule has 0 bridgehead atoms. The van der Waals surface area contributed by atoms with Gasteiger partial charge in [0, 0.05) is 19.6 Å². The van der Waals surface area contributed by atoms with Crippen LogP contribution in [0.4, 0.5) is 0 Å². The van der Waals surface area contributed by atoms with Gasteiger partial charge in [-0.05, 0) is 20.3 Å². The van der Waals surface area contributed by atoms with Gasteiger partial charge in [0.05, 0.1) is 12.7 Å². The van der Waals surface area contributed by atoms with Crippen molar-refractivity contribution in [3.63, 3.8) is 0 Å². The molecule has 0 N–H and O–H groups in total. The second-order valence-electron chi connectivity index (χ2n) is 2.94. The highest BCUT2D eigenvalue weighted by molar-refractivity contribution is 6.18.